The molecular weight excluding hydrogens is 416 g/mol. The first-order valence-corrected chi connectivity index (χ1v) is 11.6. The standard InChI is InChI=1S/C20H30N2O5S.ClH/c1-5-22-9-7-8-14(22)12-21-20(23)16-11-17(28(24,25)6-2)19(26-4)15-10-13(3)27-18(15)16;/h11,13-14H,5-10,12H2,1-4H3,(H,21,23);1H. The zero-order chi connectivity index (χ0) is 20.5. The highest BCUT2D eigenvalue weighted by molar-refractivity contribution is 7.91. The molecule has 0 spiro atoms. The third kappa shape index (κ3) is 4.64. The summed E-state index contributed by atoms with van der Waals surface area (Å²) in [6, 6.07) is 1.73. The number of rotatable bonds is 7. The van der Waals surface area contributed by atoms with Crippen LogP contribution in [0.2, 0.25) is 0 Å². The lowest BCUT2D eigenvalue weighted by atomic mass is 10.0. The predicted octanol–water partition coefficient (Wildman–Crippen LogP) is 2.45. The smallest absolute Gasteiger partial charge is 0.255 e. The van der Waals surface area contributed by atoms with E-state index >= 15 is 0 Å². The largest absolute Gasteiger partial charge is 0.495 e. The van der Waals surface area contributed by atoms with E-state index in [0.29, 0.717) is 36.1 Å². The molecule has 2 aliphatic heterocycles. The van der Waals surface area contributed by atoms with Crippen molar-refractivity contribution in [2.24, 2.45) is 0 Å². The summed E-state index contributed by atoms with van der Waals surface area (Å²) in [7, 11) is -2.10. The van der Waals surface area contributed by atoms with E-state index in [1.165, 1.54) is 13.2 Å². The van der Waals surface area contributed by atoms with Gasteiger partial charge in [0.15, 0.2) is 9.84 Å². The molecule has 0 saturated carbocycles. The van der Waals surface area contributed by atoms with Crippen LogP contribution in [0.25, 0.3) is 0 Å². The number of likely N-dealkylation sites (N-methyl/N-ethyl adjacent to an activating group) is 1. The number of methoxy groups -OCH3 is 1. The van der Waals surface area contributed by atoms with E-state index in [1.807, 2.05) is 6.92 Å². The van der Waals surface area contributed by atoms with Crippen LogP contribution in [-0.2, 0) is 16.3 Å². The highest BCUT2D eigenvalue weighted by Crippen LogP contribution is 2.43. The Hall–Kier alpha value is -1.51. The Balaban J connectivity index is 0.00000300. The molecule has 0 aromatic heterocycles. The van der Waals surface area contributed by atoms with Crippen molar-refractivity contribution in [2.75, 3.05) is 32.5 Å². The maximum atomic E-state index is 13.0. The van der Waals surface area contributed by atoms with Crippen LogP contribution in [0.15, 0.2) is 11.0 Å². The van der Waals surface area contributed by atoms with Crippen molar-refractivity contribution in [3.8, 4) is 11.5 Å². The van der Waals surface area contributed by atoms with Crippen LogP contribution in [0, 0.1) is 0 Å². The first kappa shape index (κ1) is 23.8. The van der Waals surface area contributed by atoms with Gasteiger partial charge in [0.1, 0.15) is 22.5 Å². The van der Waals surface area contributed by atoms with Gasteiger partial charge in [-0.2, -0.15) is 0 Å². The summed E-state index contributed by atoms with van der Waals surface area (Å²) in [5.74, 6) is 0.373. The molecule has 29 heavy (non-hydrogen) atoms. The van der Waals surface area contributed by atoms with E-state index in [9.17, 15) is 13.2 Å². The molecule has 164 valence electrons. The Bertz CT molecular complexity index is 859. The Labute approximate surface area is 179 Å². The van der Waals surface area contributed by atoms with Crippen LogP contribution in [0.4, 0.5) is 0 Å². The fraction of sp³-hybridized carbons (Fsp3) is 0.650. The highest BCUT2D eigenvalue weighted by atomic mass is 35.5. The number of halogens is 1. The van der Waals surface area contributed by atoms with Crippen LogP contribution in [-0.4, -0.2) is 63.9 Å². The van der Waals surface area contributed by atoms with E-state index in [1.54, 1.807) is 6.92 Å². The van der Waals surface area contributed by atoms with Crippen molar-refractivity contribution >= 4 is 28.2 Å². The number of fused-ring (bicyclic) bond motifs is 1. The molecule has 1 amide bonds. The highest BCUT2D eigenvalue weighted by Gasteiger charge is 2.34. The fourth-order valence-corrected chi connectivity index (χ4v) is 5.25. The molecular formula is C20H31ClN2O5S. The van der Waals surface area contributed by atoms with Crippen molar-refractivity contribution in [3.63, 3.8) is 0 Å². The van der Waals surface area contributed by atoms with Gasteiger partial charge in [-0.3, -0.25) is 9.69 Å². The van der Waals surface area contributed by atoms with E-state index in [0.717, 1.165) is 25.9 Å². The SMILES string of the molecule is CCN1CCCC1CNC(=O)c1cc(S(=O)(=O)CC)c(OC)c2c1OC(C)C2.Cl. The second-order valence-electron chi connectivity index (χ2n) is 7.43. The Morgan fingerprint density at radius 2 is 2.10 bits per heavy atom. The first-order chi connectivity index (χ1) is 13.3. The van der Waals surface area contributed by atoms with Crippen molar-refractivity contribution in [3.05, 3.63) is 17.2 Å². The monoisotopic (exact) mass is 446 g/mol. The molecule has 2 aliphatic rings. The Morgan fingerprint density at radius 1 is 1.38 bits per heavy atom. The van der Waals surface area contributed by atoms with E-state index in [4.69, 9.17) is 9.47 Å². The third-order valence-corrected chi connectivity index (χ3v) is 7.40. The number of amides is 1. The molecule has 3 rings (SSSR count). The number of carbonyl (C=O) groups excluding carboxylic acids is 1. The fourth-order valence-electron chi connectivity index (χ4n) is 4.15. The van der Waals surface area contributed by atoms with Crippen LogP contribution in [0.3, 0.4) is 0 Å². The van der Waals surface area contributed by atoms with Gasteiger partial charge in [0, 0.05) is 24.6 Å². The van der Waals surface area contributed by atoms with E-state index in [-0.39, 0.29) is 40.6 Å². The normalized spacial score (nSPS) is 21.2. The lowest BCUT2D eigenvalue weighted by Crippen LogP contribution is -2.40. The number of ether oxygens (including phenoxy) is 2. The first-order valence-electron chi connectivity index (χ1n) is 9.97. The van der Waals surface area contributed by atoms with Crippen molar-refractivity contribution < 1.29 is 22.7 Å². The lowest BCUT2D eigenvalue weighted by Gasteiger charge is -2.23. The summed E-state index contributed by atoms with van der Waals surface area (Å²) in [5.41, 5.74) is 0.930. The van der Waals surface area contributed by atoms with Crippen LogP contribution >= 0.6 is 12.4 Å². The second-order valence-corrected chi connectivity index (χ2v) is 9.68. The molecule has 1 aromatic carbocycles. The zero-order valence-electron chi connectivity index (χ0n) is 17.5. The number of carbonyl (C=O) groups is 1. The molecule has 2 unspecified atom stereocenters. The van der Waals surface area contributed by atoms with Crippen molar-refractivity contribution in [1.29, 1.82) is 0 Å². The summed E-state index contributed by atoms with van der Waals surface area (Å²) in [6.45, 7) is 8.14. The number of hydrogen-bond acceptors (Lipinski definition) is 6. The van der Waals surface area contributed by atoms with Gasteiger partial charge in [0.25, 0.3) is 5.91 Å². The molecule has 9 heteroatoms. The van der Waals surface area contributed by atoms with Gasteiger partial charge in [-0.25, -0.2) is 8.42 Å². The number of sulfone groups is 1. The van der Waals surface area contributed by atoms with Gasteiger partial charge in [-0.15, -0.1) is 12.4 Å². The molecule has 7 nitrogen and oxygen atoms in total. The van der Waals surface area contributed by atoms with Crippen LogP contribution < -0.4 is 14.8 Å². The molecule has 1 N–H and O–H groups in total. The van der Waals surface area contributed by atoms with Gasteiger partial charge >= 0.3 is 0 Å². The van der Waals surface area contributed by atoms with Gasteiger partial charge < -0.3 is 14.8 Å². The molecule has 0 aliphatic carbocycles. The number of nitrogens with zero attached hydrogens (tertiary/aromatic N) is 1. The van der Waals surface area contributed by atoms with Crippen molar-refractivity contribution in [2.45, 2.75) is 57.1 Å². The zero-order valence-corrected chi connectivity index (χ0v) is 19.1. The topological polar surface area (TPSA) is 84.9 Å². The minimum Gasteiger partial charge on any atom is -0.495 e. The molecule has 0 bridgehead atoms. The number of nitrogens with one attached hydrogen (secondary N) is 1. The lowest BCUT2D eigenvalue weighted by molar-refractivity contribution is 0.0936. The number of likely N-dealkylation sites (tertiary alicyclic amines) is 1. The maximum Gasteiger partial charge on any atom is 0.255 e. The summed E-state index contributed by atoms with van der Waals surface area (Å²) in [5, 5.41) is 2.99. The van der Waals surface area contributed by atoms with E-state index in [2.05, 4.69) is 17.1 Å². The van der Waals surface area contributed by atoms with E-state index < -0.39 is 9.84 Å². The van der Waals surface area contributed by atoms with Crippen LogP contribution in [0.5, 0.6) is 11.5 Å². The van der Waals surface area contributed by atoms with Gasteiger partial charge in [0.2, 0.25) is 0 Å². The molecule has 0 radical (unpaired) electrons. The number of benzene rings is 1. The minimum absolute atomic E-state index is 0. The summed E-state index contributed by atoms with van der Waals surface area (Å²) >= 11 is 0. The molecule has 2 heterocycles. The van der Waals surface area contributed by atoms with Crippen LogP contribution in [0.1, 0.15) is 49.5 Å². The average molecular weight is 447 g/mol. The molecule has 1 fully saturated rings. The van der Waals surface area contributed by atoms with Crippen molar-refractivity contribution in [1.82, 2.24) is 10.2 Å². The summed E-state index contributed by atoms with van der Waals surface area (Å²) in [4.78, 5) is 15.4. The summed E-state index contributed by atoms with van der Waals surface area (Å²) in [6.07, 6.45) is 2.56. The third-order valence-electron chi connectivity index (χ3n) is 5.67. The molecule has 1 aromatic rings. The molecule has 1 saturated heterocycles. The maximum absolute atomic E-state index is 13.0. The number of hydrogen-bond donors (Lipinski definition) is 1. The summed E-state index contributed by atoms with van der Waals surface area (Å²) < 4.78 is 36.6. The quantitative estimate of drug-likeness (QED) is 0.692. The minimum atomic E-state index is -3.55. The Morgan fingerprint density at radius 3 is 2.72 bits per heavy atom. The van der Waals surface area contributed by atoms with Gasteiger partial charge in [0.05, 0.1) is 18.4 Å². The molecule has 2 atom stereocenters. The average Bonchev–Trinajstić information content (AvgIpc) is 3.29. The Kier molecular flexibility index (Phi) is 7.81. The van der Waals surface area contributed by atoms with Gasteiger partial charge in [-0.05, 0) is 38.9 Å². The van der Waals surface area contributed by atoms with Gasteiger partial charge in [-0.1, -0.05) is 13.8 Å². The predicted molar refractivity (Wildman–Crippen MR) is 114 cm³/mol. The second kappa shape index (κ2) is 9.53.